The fraction of sp³-hybridized carbons (Fsp3) is 0.375. The number of halogens is 2. The lowest BCUT2D eigenvalue weighted by molar-refractivity contribution is 0.291. The Morgan fingerprint density at radius 3 is 2.38 bits per heavy atom. The molecule has 0 aliphatic rings. The average Bonchev–Trinajstić information content (AvgIpc) is 2.73. The molecule has 0 saturated carbocycles. The molecule has 0 spiro atoms. The number of aromatic nitrogens is 1. The van der Waals surface area contributed by atoms with Crippen LogP contribution < -0.4 is 5.32 Å². The summed E-state index contributed by atoms with van der Waals surface area (Å²) in [5.74, 6) is 0.391. The van der Waals surface area contributed by atoms with Crippen molar-refractivity contribution < 1.29 is 0 Å². The minimum atomic E-state index is 0.391. The maximum Gasteiger partial charge on any atom is 0.0737 e. The van der Waals surface area contributed by atoms with E-state index in [1.165, 1.54) is 5.56 Å². The lowest BCUT2D eigenvalue weighted by atomic mass is 9.95. The summed E-state index contributed by atoms with van der Waals surface area (Å²) < 4.78 is 0. The van der Waals surface area contributed by atoms with E-state index in [1.54, 1.807) is 0 Å². The molecule has 154 valence electrons. The van der Waals surface area contributed by atoms with Gasteiger partial charge in [0.25, 0.3) is 0 Å². The van der Waals surface area contributed by atoms with Crippen LogP contribution in [0.4, 0.5) is 5.69 Å². The van der Waals surface area contributed by atoms with Gasteiger partial charge in [-0.2, -0.15) is 0 Å². The Morgan fingerprint density at radius 2 is 1.69 bits per heavy atom. The Morgan fingerprint density at radius 1 is 1.00 bits per heavy atom. The lowest BCUT2D eigenvalue weighted by Gasteiger charge is -2.24. The first-order chi connectivity index (χ1) is 14.0. The molecule has 1 atom stereocenters. The highest BCUT2D eigenvalue weighted by molar-refractivity contribution is 6.31. The molecule has 0 radical (unpaired) electrons. The predicted octanol–water partition coefficient (Wildman–Crippen LogP) is 6.78. The van der Waals surface area contributed by atoms with Gasteiger partial charge in [-0.3, -0.25) is 4.98 Å². The normalized spacial score (nSPS) is 12.5. The lowest BCUT2D eigenvalue weighted by Crippen LogP contribution is -2.27. The highest BCUT2D eigenvalue weighted by Gasteiger charge is 2.15. The van der Waals surface area contributed by atoms with E-state index >= 15 is 0 Å². The first kappa shape index (κ1) is 21.9. The third-order valence-corrected chi connectivity index (χ3v) is 6.06. The number of rotatable bonds is 9. The molecule has 0 amide bonds. The zero-order valence-corrected chi connectivity index (χ0v) is 18.9. The third-order valence-electron chi connectivity index (χ3n) is 5.58. The number of hydrogen-bond donors (Lipinski definition) is 1. The molecule has 0 aliphatic heterocycles. The van der Waals surface area contributed by atoms with Gasteiger partial charge in [0.1, 0.15) is 0 Å². The van der Waals surface area contributed by atoms with E-state index in [2.05, 4.69) is 48.1 Å². The first-order valence-corrected chi connectivity index (χ1v) is 11.0. The number of benzene rings is 2. The van der Waals surface area contributed by atoms with Gasteiger partial charge in [0.15, 0.2) is 0 Å². The zero-order chi connectivity index (χ0) is 20.8. The van der Waals surface area contributed by atoms with E-state index in [0.717, 1.165) is 59.8 Å². The molecule has 2 aromatic carbocycles. The second-order valence-corrected chi connectivity index (χ2v) is 8.30. The minimum Gasteiger partial charge on any atom is -0.384 e. The van der Waals surface area contributed by atoms with E-state index in [-0.39, 0.29) is 0 Å². The van der Waals surface area contributed by atoms with Crippen LogP contribution in [0.2, 0.25) is 10.0 Å². The van der Waals surface area contributed by atoms with Crippen LogP contribution in [0.1, 0.15) is 37.3 Å². The summed E-state index contributed by atoms with van der Waals surface area (Å²) in [7, 11) is 0. The van der Waals surface area contributed by atoms with Crippen molar-refractivity contribution in [3.05, 3.63) is 69.8 Å². The number of hydrogen-bond acceptors (Lipinski definition) is 3. The van der Waals surface area contributed by atoms with Crippen LogP contribution in [-0.4, -0.2) is 36.1 Å². The van der Waals surface area contributed by atoms with Crippen molar-refractivity contribution in [2.45, 2.75) is 33.1 Å². The summed E-state index contributed by atoms with van der Waals surface area (Å²) in [6.07, 6.45) is 3.00. The van der Waals surface area contributed by atoms with Gasteiger partial charge in [0.05, 0.1) is 5.52 Å². The van der Waals surface area contributed by atoms with Crippen molar-refractivity contribution in [2.75, 3.05) is 31.5 Å². The molecular formula is C24H29Cl2N3. The van der Waals surface area contributed by atoms with E-state index < -0.39 is 0 Å². The van der Waals surface area contributed by atoms with Gasteiger partial charge in [0, 0.05) is 39.8 Å². The molecule has 0 bridgehead atoms. The van der Waals surface area contributed by atoms with Crippen LogP contribution in [-0.2, 0) is 0 Å². The number of pyridine rings is 1. The van der Waals surface area contributed by atoms with Crippen LogP contribution >= 0.6 is 23.2 Å². The van der Waals surface area contributed by atoms with Gasteiger partial charge in [-0.1, -0.05) is 49.2 Å². The van der Waals surface area contributed by atoms with Crippen LogP contribution in [0, 0.1) is 6.92 Å². The average molecular weight is 430 g/mol. The number of nitrogens with zero attached hydrogens (tertiary/aromatic N) is 2. The predicted molar refractivity (Wildman–Crippen MR) is 127 cm³/mol. The summed E-state index contributed by atoms with van der Waals surface area (Å²) in [6, 6.07) is 14.1. The zero-order valence-electron chi connectivity index (χ0n) is 17.4. The molecule has 0 aliphatic carbocycles. The Hall–Kier alpha value is -1.81. The first-order valence-electron chi connectivity index (χ1n) is 10.3. The Labute approximate surface area is 184 Å². The molecule has 5 heteroatoms. The van der Waals surface area contributed by atoms with Gasteiger partial charge in [-0.05, 0) is 74.4 Å². The number of nitrogens with one attached hydrogen (secondary N) is 1. The smallest absolute Gasteiger partial charge is 0.0737 e. The van der Waals surface area contributed by atoms with E-state index in [1.807, 2.05) is 36.5 Å². The molecule has 1 unspecified atom stereocenters. The Bertz CT molecular complexity index is 937. The molecule has 3 rings (SSSR count). The Kier molecular flexibility index (Phi) is 7.77. The van der Waals surface area contributed by atoms with Crippen LogP contribution in [0.3, 0.4) is 0 Å². The van der Waals surface area contributed by atoms with Crippen LogP contribution in [0.5, 0.6) is 0 Å². The molecule has 0 fully saturated rings. The quantitative estimate of drug-likeness (QED) is 0.406. The Balaban J connectivity index is 1.83. The molecule has 3 nitrogen and oxygen atoms in total. The molecule has 1 aromatic heterocycles. The minimum absolute atomic E-state index is 0.391. The van der Waals surface area contributed by atoms with Crippen molar-refractivity contribution in [3.8, 4) is 0 Å². The van der Waals surface area contributed by atoms with Crippen molar-refractivity contribution in [1.82, 2.24) is 9.88 Å². The number of anilines is 1. The monoisotopic (exact) mass is 429 g/mol. The summed E-state index contributed by atoms with van der Waals surface area (Å²) in [5, 5.41) is 6.30. The molecule has 29 heavy (non-hydrogen) atoms. The van der Waals surface area contributed by atoms with Crippen molar-refractivity contribution in [3.63, 3.8) is 0 Å². The maximum atomic E-state index is 6.15. The fourth-order valence-electron chi connectivity index (χ4n) is 3.73. The molecule has 1 N–H and O–H groups in total. The van der Waals surface area contributed by atoms with Gasteiger partial charge in [-0.25, -0.2) is 0 Å². The second-order valence-electron chi connectivity index (χ2n) is 7.42. The molecule has 1 heterocycles. The van der Waals surface area contributed by atoms with Gasteiger partial charge in [0.2, 0.25) is 0 Å². The highest BCUT2D eigenvalue weighted by Crippen LogP contribution is 2.29. The van der Waals surface area contributed by atoms with Crippen molar-refractivity contribution >= 4 is 39.8 Å². The van der Waals surface area contributed by atoms with Gasteiger partial charge < -0.3 is 10.2 Å². The summed E-state index contributed by atoms with van der Waals surface area (Å²) in [6.45, 7) is 10.6. The van der Waals surface area contributed by atoms with E-state index in [4.69, 9.17) is 23.2 Å². The summed E-state index contributed by atoms with van der Waals surface area (Å²) in [5.41, 5.74) is 4.50. The summed E-state index contributed by atoms with van der Waals surface area (Å²) >= 11 is 12.3. The van der Waals surface area contributed by atoms with Crippen molar-refractivity contribution in [1.29, 1.82) is 0 Å². The van der Waals surface area contributed by atoms with E-state index in [0.29, 0.717) is 10.9 Å². The second kappa shape index (κ2) is 10.3. The fourth-order valence-corrected chi connectivity index (χ4v) is 4.02. The van der Waals surface area contributed by atoms with Crippen LogP contribution in [0.15, 0.2) is 48.7 Å². The summed E-state index contributed by atoms with van der Waals surface area (Å²) in [4.78, 5) is 7.00. The third kappa shape index (κ3) is 5.63. The molecule has 0 saturated heterocycles. The molecular weight excluding hydrogens is 401 g/mol. The van der Waals surface area contributed by atoms with Crippen molar-refractivity contribution in [2.24, 2.45) is 0 Å². The molecule has 3 aromatic rings. The highest BCUT2D eigenvalue weighted by atomic mass is 35.5. The number of aryl methyl sites for hydroxylation is 1. The van der Waals surface area contributed by atoms with E-state index in [9.17, 15) is 0 Å². The SMILES string of the molecule is CCN(CC)CCC(CNc1c(C)cnc2cc(Cl)ccc12)c1ccc(Cl)cc1. The maximum absolute atomic E-state index is 6.15. The van der Waals surface area contributed by atoms with Gasteiger partial charge in [-0.15, -0.1) is 0 Å². The van der Waals surface area contributed by atoms with Gasteiger partial charge >= 0.3 is 0 Å². The topological polar surface area (TPSA) is 28.2 Å². The standard InChI is InChI=1S/C24H29Cl2N3/c1-4-29(5-2)13-12-19(18-6-8-20(25)9-7-18)16-28-24-17(3)15-27-23-14-21(26)10-11-22(23)24/h6-11,14-15,19H,4-5,12-13,16H2,1-3H3,(H,27,28). The largest absolute Gasteiger partial charge is 0.384 e. The number of fused-ring (bicyclic) bond motifs is 1. The van der Waals surface area contributed by atoms with Crippen LogP contribution in [0.25, 0.3) is 10.9 Å².